The third-order valence-corrected chi connectivity index (χ3v) is 5.46. The van der Waals surface area contributed by atoms with Gasteiger partial charge in [0, 0.05) is 26.4 Å². The van der Waals surface area contributed by atoms with Crippen molar-refractivity contribution < 1.29 is 4.79 Å². The van der Waals surface area contributed by atoms with Gasteiger partial charge in [0.25, 0.3) is 5.56 Å². The molecular weight excluding hydrogens is 354 g/mol. The van der Waals surface area contributed by atoms with Gasteiger partial charge in [0.2, 0.25) is 5.91 Å². The topological polar surface area (TPSA) is 73.1 Å². The van der Waals surface area contributed by atoms with E-state index in [0.29, 0.717) is 11.5 Å². The first-order valence-corrected chi connectivity index (χ1v) is 9.77. The first kappa shape index (κ1) is 19.9. The van der Waals surface area contributed by atoms with Crippen LogP contribution in [0.25, 0.3) is 6.08 Å². The molecule has 6 heteroatoms. The lowest BCUT2D eigenvalue weighted by molar-refractivity contribution is -0.117. The van der Waals surface area contributed by atoms with Crippen molar-refractivity contribution in [2.45, 2.75) is 38.1 Å². The van der Waals surface area contributed by atoms with Crippen molar-refractivity contribution >= 4 is 12.0 Å². The summed E-state index contributed by atoms with van der Waals surface area (Å²) in [6, 6.07) is 10.0. The zero-order valence-electron chi connectivity index (χ0n) is 16.4. The number of hydrogen-bond donors (Lipinski definition) is 1. The van der Waals surface area contributed by atoms with Crippen molar-refractivity contribution in [1.82, 2.24) is 14.5 Å². The van der Waals surface area contributed by atoms with Crippen molar-refractivity contribution in [2.24, 2.45) is 20.0 Å². The summed E-state index contributed by atoms with van der Waals surface area (Å²) in [6.45, 7) is 0. The van der Waals surface area contributed by atoms with Gasteiger partial charge in [0.1, 0.15) is 0 Å². The Morgan fingerprint density at radius 2 is 1.79 bits per heavy atom. The van der Waals surface area contributed by atoms with Gasteiger partial charge in [0.15, 0.2) is 0 Å². The lowest BCUT2D eigenvalue weighted by Crippen LogP contribution is -2.37. The molecule has 1 aromatic heterocycles. The van der Waals surface area contributed by atoms with Gasteiger partial charge < -0.3 is 9.88 Å². The fraction of sp³-hybridized carbons (Fsp3) is 0.409. The van der Waals surface area contributed by atoms with Gasteiger partial charge >= 0.3 is 5.69 Å². The molecule has 1 atom stereocenters. The summed E-state index contributed by atoms with van der Waals surface area (Å²) in [6.07, 6.45) is 10.1. The molecule has 1 N–H and O–H groups in total. The predicted molar refractivity (Wildman–Crippen MR) is 110 cm³/mol. The third kappa shape index (κ3) is 4.50. The zero-order chi connectivity index (χ0) is 20.1. The average Bonchev–Trinajstić information content (AvgIpc) is 2.73. The van der Waals surface area contributed by atoms with E-state index in [1.165, 1.54) is 49.2 Å². The second-order valence-corrected chi connectivity index (χ2v) is 7.47. The van der Waals surface area contributed by atoms with Crippen molar-refractivity contribution in [3.8, 4) is 0 Å². The molecule has 1 amide bonds. The molecule has 28 heavy (non-hydrogen) atoms. The Kier molecular flexibility index (Phi) is 6.29. The van der Waals surface area contributed by atoms with Gasteiger partial charge in [-0.3, -0.25) is 14.2 Å². The fourth-order valence-corrected chi connectivity index (χ4v) is 3.92. The van der Waals surface area contributed by atoms with Crippen LogP contribution in [0, 0.1) is 5.92 Å². The van der Waals surface area contributed by atoms with Crippen LogP contribution in [0.3, 0.4) is 0 Å². The molecule has 0 radical (unpaired) electrons. The maximum atomic E-state index is 12.6. The molecule has 1 fully saturated rings. The Balaban J connectivity index is 1.80. The van der Waals surface area contributed by atoms with E-state index < -0.39 is 11.2 Å². The number of aromatic nitrogens is 2. The molecule has 0 saturated heterocycles. The number of nitrogens with one attached hydrogen (secondary N) is 1. The van der Waals surface area contributed by atoms with E-state index in [4.69, 9.17) is 0 Å². The van der Waals surface area contributed by atoms with Crippen LogP contribution in [0.2, 0.25) is 0 Å². The number of benzene rings is 1. The molecule has 0 aliphatic heterocycles. The van der Waals surface area contributed by atoms with Gasteiger partial charge in [-0.25, -0.2) is 4.79 Å². The molecule has 148 valence electrons. The van der Waals surface area contributed by atoms with Gasteiger partial charge in [-0.05, 0) is 30.4 Å². The molecule has 3 rings (SSSR count). The van der Waals surface area contributed by atoms with E-state index in [1.54, 1.807) is 7.05 Å². The minimum Gasteiger partial charge on any atom is -0.345 e. The van der Waals surface area contributed by atoms with Crippen LogP contribution >= 0.6 is 0 Å². The van der Waals surface area contributed by atoms with E-state index in [1.807, 2.05) is 30.3 Å². The third-order valence-electron chi connectivity index (χ3n) is 5.46. The molecule has 6 nitrogen and oxygen atoms in total. The number of hydrogen-bond acceptors (Lipinski definition) is 3. The van der Waals surface area contributed by atoms with Gasteiger partial charge in [-0.2, -0.15) is 0 Å². The summed E-state index contributed by atoms with van der Waals surface area (Å²) in [5.41, 5.74) is 0.593. The monoisotopic (exact) mass is 381 g/mol. The highest BCUT2D eigenvalue weighted by atomic mass is 16.2. The normalized spacial score (nSPS) is 16.2. The van der Waals surface area contributed by atoms with E-state index in [9.17, 15) is 14.4 Å². The molecule has 1 saturated carbocycles. The Morgan fingerprint density at radius 3 is 2.46 bits per heavy atom. The second kappa shape index (κ2) is 8.87. The summed E-state index contributed by atoms with van der Waals surface area (Å²) < 4.78 is 2.36. The molecule has 1 aliphatic carbocycles. The smallest absolute Gasteiger partial charge is 0.330 e. The van der Waals surface area contributed by atoms with E-state index in [2.05, 4.69) is 5.32 Å². The minimum atomic E-state index is -0.418. The van der Waals surface area contributed by atoms with Gasteiger partial charge in [-0.1, -0.05) is 49.6 Å². The number of nitrogens with zero attached hydrogens (tertiary/aromatic N) is 2. The van der Waals surface area contributed by atoms with Gasteiger partial charge in [-0.15, -0.1) is 0 Å². The average molecular weight is 381 g/mol. The van der Waals surface area contributed by atoms with Crippen molar-refractivity contribution in [2.75, 3.05) is 0 Å². The summed E-state index contributed by atoms with van der Waals surface area (Å²) in [4.78, 5) is 36.6. The highest BCUT2D eigenvalue weighted by Crippen LogP contribution is 2.34. The first-order valence-electron chi connectivity index (χ1n) is 9.77. The lowest BCUT2D eigenvalue weighted by atomic mass is 9.81. The van der Waals surface area contributed by atoms with Crippen LogP contribution < -0.4 is 16.6 Å². The standard InChI is InChI=1S/C22H27N3O3/c1-24-15-18(21(27)25(2)22(24)28)13-14-19(26)23-20(16-9-5-3-6-10-16)17-11-7-4-8-12-17/h3,5-6,9-10,13-15,17,20H,4,7-8,11-12H2,1-2H3,(H,23,26)/b14-13-/t20-/m1/s1. The van der Waals surface area contributed by atoms with Crippen molar-refractivity contribution in [3.05, 3.63) is 74.6 Å². The maximum Gasteiger partial charge on any atom is 0.330 e. The van der Waals surface area contributed by atoms with Crippen LogP contribution in [-0.2, 0) is 18.9 Å². The Labute approximate surface area is 164 Å². The van der Waals surface area contributed by atoms with Crippen molar-refractivity contribution in [1.29, 1.82) is 0 Å². The fourth-order valence-electron chi connectivity index (χ4n) is 3.92. The SMILES string of the molecule is Cn1cc(/C=C\C(=O)N[C@H](c2ccccc2)C2CCCCC2)c(=O)n(C)c1=O. The van der Waals surface area contributed by atoms with Crippen LogP contribution in [0.15, 0.2) is 52.2 Å². The molecule has 1 aliphatic rings. The van der Waals surface area contributed by atoms with Crippen molar-refractivity contribution in [3.63, 3.8) is 0 Å². The van der Waals surface area contributed by atoms with Gasteiger partial charge in [0.05, 0.1) is 11.6 Å². The quantitative estimate of drug-likeness (QED) is 0.809. The summed E-state index contributed by atoms with van der Waals surface area (Å²) in [7, 11) is 3.00. The van der Waals surface area contributed by atoms with E-state index in [0.717, 1.165) is 23.0 Å². The Bertz CT molecular complexity index is 967. The zero-order valence-corrected chi connectivity index (χ0v) is 16.4. The Morgan fingerprint density at radius 1 is 1.11 bits per heavy atom. The first-order chi connectivity index (χ1) is 13.5. The molecule has 1 heterocycles. The number of aryl methyl sites for hydroxylation is 1. The Hall–Kier alpha value is -2.89. The largest absolute Gasteiger partial charge is 0.345 e. The molecule has 0 spiro atoms. The molecule has 0 bridgehead atoms. The number of rotatable bonds is 5. The molecule has 0 unspecified atom stereocenters. The number of carbonyl (C=O) groups is 1. The summed E-state index contributed by atoms with van der Waals surface area (Å²) >= 11 is 0. The van der Waals surface area contributed by atoms with Crippen LogP contribution in [0.5, 0.6) is 0 Å². The number of amides is 1. The highest BCUT2D eigenvalue weighted by molar-refractivity contribution is 5.91. The van der Waals surface area contributed by atoms with Crippen LogP contribution in [0.1, 0.15) is 49.3 Å². The maximum absolute atomic E-state index is 12.6. The van der Waals surface area contributed by atoms with E-state index in [-0.39, 0.29) is 11.9 Å². The molecule has 1 aromatic carbocycles. The summed E-state index contributed by atoms with van der Waals surface area (Å²) in [5, 5.41) is 3.13. The van der Waals surface area contributed by atoms with E-state index >= 15 is 0 Å². The minimum absolute atomic E-state index is 0.0402. The second-order valence-electron chi connectivity index (χ2n) is 7.47. The summed E-state index contributed by atoms with van der Waals surface area (Å²) in [5.74, 6) is 0.175. The highest BCUT2D eigenvalue weighted by Gasteiger charge is 2.25. The number of carbonyl (C=O) groups excluding carboxylic acids is 1. The van der Waals surface area contributed by atoms with Crippen LogP contribution in [-0.4, -0.2) is 15.0 Å². The molecular formula is C22H27N3O3. The lowest BCUT2D eigenvalue weighted by Gasteiger charge is -2.31. The predicted octanol–water partition coefficient (Wildman–Crippen LogP) is 2.54. The van der Waals surface area contributed by atoms with Crippen LogP contribution in [0.4, 0.5) is 0 Å². The molecule has 2 aromatic rings.